The van der Waals surface area contributed by atoms with Gasteiger partial charge in [0.1, 0.15) is 0 Å². The van der Waals surface area contributed by atoms with Gasteiger partial charge < -0.3 is 5.11 Å². The van der Waals surface area contributed by atoms with Gasteiger partial charge in [-0.25, -0.2) is 0 Å². The Balaban J connectivity index is 2.31. The lowest BCUT2D eigenvalue weighted by Gasteiger charge is -2.11. The van der Waals surface area contributed by atoms with E-state index in [0.717, 1.165) is 29.0 Å². The largest absolute Gasteiger partial charge is 0.385 e. The molecule has 1 aliphatic carbocycles. The van der Waals surface area contributed by atoms with Gasteiger partial charge in [-0.2, -0.15) is 0 Å². The number of aliphatic hydroxyl groups is 1. The second-order valence-corrected chi connectivity index (χ2v) is 4.60. The van der Waals surface area contributed by atoms with E-state index in [4.69, 9.17) is 11.6 Å². The number of aryl methyl sites for hydroxylation is 1. The molecule has 2 unspecified atom stereocenters. The molecule has 1 aromatic rings. The number of hydrogen-bond acceptors (Lipinski definition) is 1. The van der Waals surface area contributed by atoms with Gasteiger partial charge in [0.2, 0.25) is 0 Å². The molecule has 1 fully saturated rings. The molecule has 2 atom stereocenters. The quantitative estimate of drug-likeness (QED) is 0.795. The molecule has 1 aliphatic rings. The van der Waals surface area contributed by atoms with Crippen LogP contribution in [0.3, 0.4) is 0 Å². The summed E-state index contributed by atoms with van der Waals surface area (Å²) in [6, 6.07) is 5.80. The minimum atomic E-state index is -0.565. The van der Waals surface area contributed by atoms with Crippen LogP contribution in [0.25, 0.3) is 0 Å². The van der Waals surface area contributed by atoms with E-state index >= 15 is 0 Å². The van der Waals surface area contributed by atoms with Gasteiger partial charge in [-0.15, -0.1) is 0 Å². The maximum absolute atomic E-state index is 10.2. The highest BCUT2D eigenvalue weighted by Crippen LogP contribution is 2.53. The standard InChI is InChI=1S/C12H15ClO/c1-3-9-7-12(9,14)10-4-5-11(13)8(2)6-10/h4-6,9,14H,3,7H2,1-2H3. The Morgan fingerprint density at radius 1 is 1.57 bits per heavy atom. The first-order valence-corrected chi connectivity index (χ1v) is 5.44. The molecule has 0 spiro atoms. The van der Waals surface area contributed by atoms with Gasteiger partial charge >= 0.3 is 0 Å². The minimum Gasteiger partial charge on any atom is -0.385 e. The number of hydrogen-bond donors (Lipinski definition) is 1. The van der Waals surface area contributed by atoms with E-state index < -0.39 is 5.60 Å². The van der Waals surface area contributed by atoms with E-state index in [0.29, 0.717) is 5.92 Å². The molecule has 0 aromatic heterocycles. The molecule has 0 heterocycles. The van der Waals surface area contributed by atoms with Crippen LogP contribution in [0.5, 0.6) is 0 Å². The van der Waals surface area contributed by atoms with Gasteiger partial charge in [-0.05, 0) is 36.5 Å². The Kier molecular flexibility index (Phi) is 2.32. The van der Waals surface area contributed by atoms with E-state index in [-0.39, 0.29) is 0 Å². The summed E-state index contributed by atoms with van der Waals surface area (Å²) in [5.41, 5.74) is 1.50. The predicted molar refractivity (Wildman–Crippen MR) is 58.5 cm³/mol. The highest BCUT2D eigenvalue weighted by Gasteiger charge is 2.52. The van der Waals surface area contributed by atoms with Crippen molar-refractivity contribution >= 4 is 11.6 Å². The average Bonchev–Trinajstić information content (AvgIpc) is 2.83. The Morgan fingerprint density at radius 2 is 2.29 bits per heavy atom. The fraction of sp³-hybridized carbons (Fsp3) is 0.500. The molecule has 0 aliphatic heterocycles. The van der Waals surface area contributed by atoms with E-state index in [1.807, 2.05) is 25.1 Å². The molecule has 1 nitrogen and oxygen atoms in total. The highest BCUT2D eigenvalue weighted by molar-refractivity contribution is 6.31. The van der Waals surface area contributed by atoms with Crippen molar-refractivity contribution in [3.63, 3.8) is 0 Å². The van der Waals surface area contributed by atoms with Crippen molar-refractivity contribution in [3.05, 3.63) is 34.3 Å². The fourth-order valence-corrected chi connectivity index (χ4v) is 2.18. The van der Waals surface area contributed by atoms with Crippen LogP contribution in [-0.4, -0.2) is 5.11 Å². The average molecular weight is 211 g/mol. The molecule has 2 heteroatoms. The molecule has 76 valence electrons. The predicted octanol–water partition coefficient (Wildman–Crippen LogP) is 3.27. The zero-order valence-corrected chi connectivity index (χ0v) is 9.30. The molecular formula is C12H15ClO. The third-order valence-electron chi connectivity index (χ3n) is 3.22. The van der Waals surface area contributed by atoms with Crippen LogP contribution in [0.4, 0.5) is 0 Å². The zero-order valence-electron chi connectivity index (χ0n) is 8.55. The molecule has 1 N–H and O–H groups in total. The molecular weight excluding hydrogens is 196 g/mol. The van der Waals surface area contributed by atoms with Crippen LogP contribution < -0.4 is 0 Å². The summed E-state index contributed by atoms with van der Waals surface area (Å²) in [5.74, 6) is 0.433. The molecule has 14 heavy (non-hydrogen) atoms. The van der Waals surface area contributed by atoms with Crippen LogP contribution in [0.1, 0.15) is 30.9 Å². The number of benzene rings is 1. The lowest BCUT2D eigenvalue weighted by Crippen LogP contribution is -2.08. The maximum Gasteiger partial charge on any atom is 0.0929 e. The van der Waals surface area contributed by atoms with Crippen molar-refractivity contribution in [1.29, 1.82) is 0 Å². The van der Waals surface area contributed by atoms with Crippen molar-refractivity contribution in [2.45, 2.75) is 32.3 Å². The summed E-state index contributed by atoms with van der Waals surface area (Å²) in [5, 5.41) is 11.0. The summed E-state index contributed by atoms with van der Waals surface area (Å²) in [6.07, 6.45) is 1.93. The van der Waals surface area contributed by atoms with E-state index in [1.165, 1.54) is 0 Å². The molecule has 2 rings (SSSR count). The normalized spacial score (nSPS) is 30.4. The molecule has 1 aromatic carbocycles. The first-order valence-electron chi connectivity index (χ1n) is 5.07. The van der Waals surface area contributed by atoms with Crippen LogP contribution in [0, 0.1) is 12.8 Å². The van der Waals surface area contributed by atoms with Gasteiger partial charge in [0.15, 0.2) is 0 Å². The monoisotopic (exact) mass is 210 g/mol. The van der Waals surface area contributed by atoms with Crippen molar-refractivity contribution < 1.29 is 5.11 Å². The van der Waals surface area contributed by atoms with Crippen molar-refractivity contribution in [3.8, 4) is 0 Å². The van der Waals surface area contributed by atoms with Crippen LogP contribution in [0.15, 0.2) is 18.2 Å². The minimum absolute atomic E-state index is 0.433. The summed E-state index contributed by atoms with van der Waals surface area (Å²) >= 11 is 5.94. The summed E-state index contributed by atoms with van der Waals surface area (Å²) in [7, 11) is 0. The molecule has 0 amide bonds. The van der Waals surface area contributed by atoms with Crippen molar-refractivity contribution in [2.75, 3.05) is 0 Å². The molecule has 0 saturated heterocycles. The molecule has 1 saturated carbocycles. The van der Waals surface area contributed by atoms with E-state index in [9.17, 15) is 5.11 Å². The summed E-state index contributed by atoms with van der Waals surface area (Å²) in [4.78, 5) is 0. The Labute approximate surface area is 89.7 Å². The second-order valence-electron chi connectivity index (χ2n) is 4.20. The SMILES string of the molecule is CCC1CC1(O)c1ccc(Cl)c(C)c1. The van der Waals surface area contributed by atoms with Gasteiger partial charge in [0, 0.05) is 5.02 Å². The van der Waals surface area contributed by atoms with Gasteiger partial charge in [0.25, 0.3) is 0 Å². The number of rotatable bonds is 2. The van der Waals surface area contributed by atoms with Gasteiger partial charge in [0.05, 0.1) is 5.60 Å². The number of halogens is 1. The summed E-state index contributed by atoms with van der Waals surface area (Å²) in [6.45, 7) is 4.09. The van der Waals surface area contributed by atoms with Crippen LogP contribution in [-0.2, 0) is 5.60 Å². The van der Waals surface area contributed by atoms with Crippen molar-refractivity contribution in [1.82, 2.24) is 0 Å². The second kappa shape index (κ2) is 3.25. The topological polar surface area (TPSA) is 20.2 Å². The van der Waals surface area contributed by atoms with E-state index in [1.54, 1.807) is 0 Å². The van der Waals surface area contributed by atoms with Crippen molar-refractivity contribution in [2.24, 2.45) is 5.92 Å². The lowest BCUT2D eigenvalue weighted by molar-refractivity contribution is 0.130. The molecule has 0 radical (unpaired) electrons. The first kappa shape index (κ1) is 10.0. The maximum atomic E-state index is 10.2. The highest BCUT2D eigenvalue weighted by atomic mass is 35.5. The third kappa shape index (κ3) is 1.45. The zero-order chi connectivity index (χ0) is 10.3. The van der Waals surface area contributed by atoms with E-state index in [2.05, 4.69) is 6.92 Å². The Morgan fingerprint density at radius 3 is 2.79 bits per heavy atom. The lowest BCUT2D eigenvalue weighted by atomic mass is 10.0. The Bertz CT molecular complexity index is 361. The summed E-state index contributed by atoms with van der Waals surface area (Å²) < 4.78 is 0. The smallest absolute Gasteiger partial charge is 0.0929 e. The fourth-order valence-electron chi connectivity index (χ4n) is 2.07. The first-order chi connectivity index (χ1) is 6.58. The van der Waals surface area contributed by atoms with Gasteiger partial charge in [-0.3, -0.25) is 0 Å². The van der Waals surface area contributed by atoms with Gasteiger partial charge in [-0.1, -0.05) is 37.1 Å². The van der Waals surface area contributed by atoms with Crippen LogP contribution in [0.2, 0.25) is 5.02 Å². The van der Waals surface area contributed by atoms with Crippen LogP contribution >= 0.6 is 11.6 Å². The third-order valence-corrected chi connectivity index (χ3v) is 3.65. The Hall–Kier alpha value is -0.530. The molecule has 0 bridgehead atoms.